The average Bonchev–Trinajstić information content (AvgIpc) is 3.19. The third-order valence-corrected chi connectivity index (χ3v) is 6.63. The van der Waals surface area contributed by atoms with Crippen LogP contribution >= 0.6 is 0 Å². The molecule has 0 unspecified atom stereocenters. The van der Waals surface area contributed by atoms with Crippen molar-refractivity contribution in [2.45, 2.75) is 33.0 Å². The highest BCUT2D eigenvalue weighted by molar-refractivity contribution is 6.12. The fourth-order valence-electron chi connectivity index (χ4n) is 4.82. The van der Waals surface area contributed by atoms with Gasteiger partial charge < -0.3 is 5.32 Å². The number of hydrogen-bond acceptors (Lipinski definition) is 3. The molecule has 4 aromatic rings. The summed E-state index contributed by atoms with van der Waals surface area (Å²) in [5.74, 6) is 0.135. The van der Waals surface area contributed by atoms with Gasteiger partial charge in [-0.3, -0.25) is 9.48 Å². The molecule has 0 fully saturated rings. The molecule has 1 aromatic heterocycles. The second-order valence-corrected chi connectivity index (χ2v) is 9.14. The molecule has 1 atom stereocenters. The van der Waals surface area contributed by atoms with Crippen LogP contribution in [0.1, 0.15) is 42.3 Å². The van der Waals surface area contributed by atoms with Crippen LogP contribution in [-0.2, 0) is 13.1 Å². The largest absolute Gasteiger partial charge is 0.364 e. The number of fused-ring (bicyclic) bond motifs is 2. The van der Waals surface area contributed by atoms with E-state index in [4.69, 9.17) is 4.99 Å². The van der Waals surface area contributed by atoms with Gasteiger partial charge in [-0.05, 0) is 54.3 Å². The molecule has 5 rings (SSSR count). The van der Waals surface area contributed by atoms with Crippen molar-refractivity contribution >= 4 is 5.71 Å². The highest BCUT2D eigenvalue weighted by Gasteiger charge is 2.27. The van der Waals surface area contributed by atoms with Gasteiger partial charge in [-0.1, -0.05) is 79.4 Å². The van der Waals surface area contributed by atoms with Gasteiger partial charge in [0.25, 0.3) is 5.56 Å². The van der Waals surface area contributed by atoms with Gasteiger partial charge in [0.15, 0.2) is 0 Å². The van der Waals surface area contributed by atoms with Crippen LogP contribution in [0.3, 0.4) is 0 Å². The van der Waals surface area contributed by atoms with Gasteiger partial charge in [-0.15, -0.1) is 0 Å². The molecule has 186 valence electrons. The summed E-state index contributed by atoms with van der Waals surface area (Å²) >= 11 is 0. The zero-order chi connectivity index (χ0) is 25.9. The second kappa shape index (κ2) is 10.3. The maximum Gasteiger partial charge on any atom is 0.275 e. The smallest absolute Gasteiger partial charge is 0.275 e. The van der Waals surface area contributed by atoms with Gasteiger partial charge in [0.1, 0.15) is 11.6 Å². The van der Waals surface area contributed by atoms with Gasteiger partial charge in [-0.2, -0.15) is 0 Å². The number of allylic oxidation sites excluding steroid dienone is 2. The number of aromatic nitrogens is 2. The molecule has 1 aliphatic heterocycles. The monoisotopic (exact) mass is 492 g/mol. The molecule has 0 amide bonds. The van der Waals surface area contributed by atoms with Crippen LogP contribution in [0.5, 0.6) is 0 Å². The zero-order valence-electron chi connectivity index (χ0n) is 21.0. The maximum absolute atomic E-state index is 13.8. The van der Waals surface area contributed by atoms with Crippen LogP contribution in [0.4, 0.5) is 4.39 Å². The summed E-state index contributed by atoms with van der Waals surface area (Å²) in [6.07, 6.45) is 3.78. The highest BCUT2D eigenvalue weighted by Crippen LogP contribution is 2.28. The molecule has 37 heavy (non-hydrogen) atoms. The summed E-state index contributed by atoms with van der Waals surface area (Å²) in [7, 11) is 0. The minimum absolute atomic E-state index is 0.00146. The lowest BCUT2D eigenvalue weighted by Crippen LogP contribution is -2.30. The number of hydrogen-bond donors (Lipinski definition) is 1. The molecule has 3 aromatic carbocycles. The third-order valence-electron chi connectivity index (χ3n) is 6.63. The van der Waals surface area contributed by atoms with Crippen molar-refractivity contribution in [3.63, 3.8) is 0 Å². The van der Waals surface area contributed by atoms with E-state index >= 15 is 0 Å². The van der Waals surface area contributed by atoms with E-state index in [1.54, 1.807) is 16.8 Å². The van der Waals surface area contributed by atoms with Crippen LogP contribution in [0.15, 0.2) is 113 Å². The Bertz CT molecular complexity index is 1560. The molecule has 6 heteroatoms. The van der Waals surface area contributed by atoms with Crippen molar-refractivity contribution in [1.82, 2.24) is 14.7 Å². The van der Waals surface area contributed by atoms with E-state index in [2.05, 4.69) is 37.0 Å². The Kier molecular flexibility index (Phi) is 6.73. The summed E-state index contributed by atoms with van der Waals surface area (Å²) in [6.45, 7) is 9.11. The van der Waals surface area contributed by atoms with E-state index < -0.39 is 0 Å². The fourth-order valence-corrected chi connectivity index (χ4v) is 4.82. The molecule has 0 spiro atoms. The molecule has 0 aliphatic carbocycles. The topological polar surface area (TPSA) is 51.3 Å². The van der Waals surface area contributed by atoms with Crippen molar-refractivity contribution in [1.29, 1.82) is 0 Å². The van der Waals surface area contributed by atoms with Crippen molar-refractivity contribution < 1.29 is 4.39 Å². The van der Waals surface area contributed by atoms with Crippen molar-refractivity contribution in [3.8, 4) is 11.1 Å². The SMILES string of the molecule is C=C(/N=C(\C=C/C)c1c(-c2ccc(F)cc2)c(=O)n2n1Cc1ccccc1C2)N[C@@H](C)c1ccccc1. The van der Waals surface area contributed by atoms with Crippen molar-refractivity contribution in [2.24, 2.45) is 4.99 Å². The summed E-state index contributed by atoms with van der Waals surface area (Å²) in [5.41, 5.74) is 5.67. The number of aliphatic imine (C=N–C) groups is 1. The van der Waals surface area contributed by atoms with E-state index in [9.17, 15) is 9.18 Å². The molecule has 0 saturated carbocycles. The maximum atomic E-state index is 13.8. The van der Waals surface area contributed by atoms with Gasteiger partial charge in [0, 0.05) is 6.04 Å². The van der Waals surface area contributed by atoms with Gasteiger partial charge in [0.05, 0.1) is 30.1 Å². The van der Waals surface area contributed by atoms with Crippen LogP contribution in [0.2, 0.25) is 0 Å². The summed E-state index contributed by atoms with van der Waals surface area (Å²) in [5, 5.41) is 3.36. The van der Waals surface area contributed by atoms with Crippen molar-refractivity contribution in [3.05, 3.63) is 142 Å². The lowest BCUT2D eigenvalue weighted by atomic mass is 10.0. The Morgan fingerprint density at radius 2 is 1.59 bits per heavy atom. The minimum Gasteiger partial charge on any atom is -0.364 e. The fraction of sp³-hybridized carbons (Fsp3) is 0.161. The van der Waals surface area contributed by atoms with Crippen LogP contribution in [0.25, 0.3) is 11.1 Å². The molecular formula is C31H29FN4O. The predicted molar refractivity (Wildman–Crippen MR) is 147 cm³/mol. The van der Waals surface area contributed by atoms with E-state index in [1.807, 2.05) is 60.2 Å². The lowest BCUT2D eigenvalue weighted by molar-refractivity contribution is 0.470. The Morgan fingerprint density at radius 1 is 0.973 bits per heavy atom. The minimum atomic E-state index is -0.350. The van der Waals surface area contributed by atoms with Crippen LogP contribution < -0.4 is 10.9 Å². The van der Waals surface area contributed by atoms with Gasteiger partial charge in [0.2, 0.25) is 0 Å². The number of halogens is 1. The Labute approximate surface area is 215 Å². The Morgan fingerprint density at radius 3 is 2.24 bits per heavy atom. The zero-order valence-corrected chi connectivity index (χ0v) is 21.0. The average molecular weight is 493 g/mol. The van der Waals surface area contributed by atoms with E-state index in [1.165, 1.54) is 12.1 Å². The number of rotatable bonds is 7. The number of nitrogens with zero attached hydrogens (tertiary/aromatic N) is 3. The summed E-state index contributed by atoms with van der Waals surface area (Å²) in [6, 6.07) is 24.3. The van der Waals surface area contributed by atoms with Crippen LogP contribution in [-0.4, -0.2) is 15.1 Å². The first kappa shape index (κ1) is 24.3. The summed E-state index contributed by atoms with van der Waals surface area (Å²) in [4.78, 5) is 18.7. The standard InChI is InChI=1S/C31H29FN4O/c1-4-10-28(34-22(3)33-21(2)23-11-6-5-7-12-23)30-29(24-15-17-27(32)18-16-24)31(37)36-20-26-14-9-8-13-25(26)19-35(30)36/h4-18,21,33H,3,19-20H2,1-2H3/b10-4-,34-28+/t21-/m0/s1. The lowest BCUT2D eigenvalue weighted by Gasteiger charge is -2.23. The van der Waals surface area contributed by atoms with Crippen molar-refractivity contribution in [2.75, 3.05) is 0 Å². The molecule has 1 N–H and O–H groups in total. The molecule has 0 bridgehead atoms. The number of benzene rings is 3. The Hall–Kier alpha value is -4.45. The van der Waals surface area contributed by atoms with Gasteiger partial charge >= 0.3 is 0 Å². The highest BCUT2D eigenvalue weighted by atomic mass is 19.1. The molecule has 0 saturated heterocycles. The molecule has 0 radical (unpaired) electrons. The quantitative estimate of drug-likeness (QED) is 0.281. The molecular weight excluding hydrogens is 463 g/mol. The van der Waals surface area contributed by atoms with Crippen LogP contribution in [0, 0.1) is 5.82 Å². The first-order chi connectivity index (χ1) is 18.0. The van der Waals surface area contributed by atoms with E-state index in [0.717, 1.165) is 16.7 Å². The molecule has 1 aliphatic rings. The first-order valence-corrected chi connectivity index (χ1v) is 12.3. The molecule has 2 heterocycles. The molecule has 5 nitrogen and oxygen atoms in total. The summed E-state index contributed by atoms with van der Waals surface area (Å²) < 4.78 is 17.5. The Balaban J connectivity index is 1.63. The second-order valence-electron chi connectivity index (χ2n) is 9.14. The normalized spacial score (nSPS) is 13.8. The first-order valence-electron chi connectivity index (χ1n) is 12.3. The van der Waals surface area contributed by atoms with E-state index in [-0.39, 0.29) is 17.4 Å². The van der Waals surface area contributed by atoms with Gasteiger partial charge in [-0.25, -0.2) is 14.1 Å². The number of nitrogens with one attached hydrogen (secondary N) is 1. The predicted octanol–water partition coefficient (Wildman–Crippen LogP) is 6.05. The third kappa shape index (κ3) is 4.83. The van der Waals surface area contributed by atoms with E-state index in [0.29, 0.717) is 41.4 Å².